The number of sulfonamides is 1. The van der Waals surface area contributed by atoms with Gasteiger partial charge in [-0.1, -0.05) is 0 Å². The lowest BCUT2D eigenvalue weighted by Gasteiger charge is -2.20. The zero-order valence-corrected chi connectivity index (χ0v) is 16.6. The first-order valence-corrected chi connectivity index (χ1v) is 9.95. The molecule has 0 saturated heterocycles. The topological polar surface area (TPSA) is 84.9 Å². The summed E-state index contributed by atoms with van der Waals surface area (Å²) in [6.07, 6.45) is 0. The van der Waals surface area contributed by atoms with E-state index in [0.29, 0.717) is 40.4 Å². The van der Waals surface area contributed by atoms with E-state index in [1.165, 1.54) is 38.4 Å². The minimum Gasteiger partial charge on any atom is -0.486 e. The number of nitrogens with zero attached hydrogens (tertiary/aromatic N) is 1. The smallest absolute Gasteiger partial charge is 0.255 e. The molecule has 0 aromatic heterocycles. The van der Waals surface area contributed by atoms with E-state index in [-0.39, 0.29) is 10.8 Å². The second-order valence-corrected chi connectivity index (χ2v) is 8.75. The summed E-state index contributed by atoms with van der Waals surface area (Å²) in [6, 6.07) is 9.17. The molecule has 2 aromatic rings. The second-order valence-electron chi connectivity index (χ2n) is 5.74. The third kappa shape index (κ3) is 3.69. The Labute approximate surface area is 160 Å². The summed E-state index contributed by atoms with van der Waals surface area (Å²) in [5, 5.41) is 2.78. The van der Waals surface area contributed by atoms with Gasteiger partial charge in [0.2, 0.25) is 10.0 Å². The third-order valence-electron chi connectivity index (χ3n) is 3.78. The number of hydrogen-bond donors (Lipinski definition) is 1. The van der Waals surface area contributed by atoms with E-state index in [2.05, 4.69) is 21.2 Å². The molecular weight excluding hydrogens is 424 g/mol. The molecule has 1 aliphatic rings. The normalized spacial score (nSPS) is 13.5. The van der Waals surface area contributed by atoms with E-state index in [0.717, 1.165) is 4.31 Å². The number of ether oxygens (including phenoxy) is 2. The lowest BCUT2D eigenvalue weighted by atomic mass is 10.2. The van der Waals surface area contributed by atoms with Crippen molar-refractivity contribution in [1.82, 2.24) is 4.31 Å². The summed E-state index contributed by atoms with van der Waals surface area (Å²) in [7, 11) is -0.624. The monoisotopic (exact) mass is 440 g/mol. The van der Waals surface area contributed by atoms with Crippen molar-refractivity contribution in [2.24, 2.45) is 0 Å². The first-order chi connectivity index (χ1) is 12.3. The number of anilines is 1. The first-order valence-electron chi connectivity index (χ1n) is 7.72. The largest absolute Gasteiger partial charge is 0.486 e. The van der Waals surface area contributed by atoms with E-state index < -0.39 is 10.0 Å². The molecule has 0 saturated carbocycles. The molecule has 1 aliphatic heterocycles. The fourth-order valence-electron chi connectivity index (χ4n) is 2.34. The van der Waals surface area contributed by atoms with Crippen molar-refractivity contribution >= 4 is 37.5 Å². The summed E-state index contributed by atoms with van der Waals surface area (Å²) in [6.45, 7) is 0.928. The van der Waals surface area contributed by atoms with E-state index in [9.17, 15) is 13.2 Å². The van der Waals surface area contributed by atoms with Crippen molar-refractivity contribution < 1.29 is 22.7 Å². The summed E-state index contributed by atoms with van der Waals surface area (Å²) >= 11 is 3.39. The van der Waals surface area contributed by atoms with Crippen LogP contribution in [-0.2, 0) is 10.0 Å². The molecule has 0 bridgehead atoms. The molecule has 0 aliphatic carbocycles. The Morgan fingerprint density at radius 3 is 2.23 bits per heavy atom. The molecule has 1 amide bonds. The van der Waals surface area contributed by atoms with Gasteiger partial charge in [-0.05, 0) is 40.2 Å². The maximum Gasteiger partial charge on any atom is 0.255 e. The van der Waals surface area contributed by atoms with Gasteiger partial charge in [-0.3, -0.25) is 4.79 Å². The minimum absolute atomic E-state index is 0.125. The van der Waals surface area contributed by atoms with Gasteiger partial charge in [0, 0.05) is 36.3 Å². The molecule has 7 nitrogen and oxygen atoms in total. The highest BCUT2D eigenvalue weighted by molar-refractivity contribution is 9.10. The molecule has 138 valence electrons. The van der Waals surface area contributed by atoms with Crippen molar-refractivity contribution in [3.63, 3.8) is 0 Å². The Hall–Kier alpha value is -2.10. The summed E-state index contributed by atoms with van der Waals surface area (Å²) < 4.78 is 36.9. The summed E-state index contributed by atoms with van der Waals surface area (Å²) in [5.74, 6) is 0.803. The first kappa shape index (κ1) is 18.7. The van der Waals surface area contributed by atoms with Gasteiger partial charge in [-0.2, -0.15) is 0 Å². The van der Waals surface area contributed by atoms with Gasteiger partial charge in [0.25, 0.3) is 5.91 Å². The lowest BCUT2D eigenvalue weighted by molar-refractivity contribution is 0.102. The molecule has 1 N–H and O–H groups in total. The van der Waals surface area contributed by atoms with Crippen LogP contribution in [0.5, 0.6) is 11.5 Å². The van der Waals surface area contributed by atoms with Crippen LogP contribution in [0.1, 0.15) is 10.4 Å². The Bertz CT molecular complexity index is 942. The SMILES string of the molecule is CN(C)S(=O)(=O)c1ccc(C(=O)Nc2cc3c(cc2Br)OCCO3)cc1. The van der Waals surface area contributed by atoms with Gasteiger partial charge in [0.1, 0.15) is 13.2 Å². The van der Waals surface area contributed by atoms with Gasteiger partial charge < -0.3 is 14.8 Å². The molecule has 0 radical (unpaired) electrons. The molecule has 0 atom stereocenters. The lowest BCUT2D eigenvalue weighted by Crippen LogP contribution is -2.22. The molecule has 0 spiro atoms. The number of carbonyl (C=O) groups is 1. The van der Waals surface area contributed by atoms with Crippen molar-refractivity contribution in [2.45, 2.75) is 4.90 Å². The van der Waals surface area contributed by atoms with Crippen molar-refractivity contribution in [3.05, 3.63) is 46.4 Å². The molecule has 2 aromatic carbocycles. The van der Waals surface area contributed by atoms with Crippen LogP contribution in [0.2, 0.25) is 0 Å². The van der Waals surface area contributed by atoms with Crippen LogP contribution in [0.25, 0.3) is 0 Å². The number of amides is 1. The standard InChI is InChI=1S/C17H17BrN2O5S/c1-20(2)26(22,23)12-5-3-11(4-6-12)17(21)19-14-10-16-15(9-13(14)18)24-7-8-25-16/h3-6,9-10H,7-8H2,1-2H3,(H,19,21). The maximum absolute atomic E-state index is 12.5. The fourth-order valence-corrected chi connectivity index (χ4v) is 3.67. The van der Waals surface area contributed by atoms with Crippen LogP contribution in [0.15, 0.2) is 45.8 Å². The van der Waals surface area contributed by atoms with E-state index >= 15 is 0 Å². The molecule has 0 fully saturated rings. The molecule has 1 heterocycles. The predicted molar refractivity (Wildman–Crippen MR) is 100 cm³/mol. The minimum atomic E-state index is -3.53. The molecule has 9 heteroatoms. The van der Waals surface area contributed by atoms with Crippen LogP contribution in [0, 0.1) is 0 Å². The van der Waals surface area contributed by atoms with Gasteiger partial charge in [0.15, 0.2) is 11.5 Å². The number of rotatable bonds is 4. The molecule has 26 heavy (non-hydrogen) atoms. The number of nitrogens with one attached hydrogen (secondary N) is 1. The van der Waals surface area contributed by atoms with Crippen molar-refractivity contribution in [2.75, 3.05) is 32.6 Å². The fraction of sp³-hybridized carbons (Fsp3) is 0.235. The van der Waals surface area contributed by atoms with E-state index in [4.69, 9.17) is 9.47 Å². The Kier molecular flexibility index (Phi) is 5.22. The van der Waals surface area contributed by atoms with Crippen LogP contribution < -0.4 is 14.8 Å². The highest BCUT2D eigenvalue weighted by Crippen LogP contribution is 2.38. The van der Waals surface area contributed by atoms with Gasteiger partial charge >= 0.3 is 0 Å². The Morgan fingerprint density at radius 1 is 1.08 bits per heavy atom. The Balaban J connectivity index is 1.80. The third-order valence-corrected chi connectivity index (χ3v) is 6.26. The van der Waals surface area contributed by atoms with Crippen LogP contribution in [0.3, 0.4) is 0 Å². The molecule has 3 rings (SSSR count). The number of carbonyl (C=O) groups excluding carboxylic acids is 1. The van der Waals surface area contributed by atoms with Crippen molar-refractivity contribution in [3.8, 4) is 11.5 Å². The van der Waals surface area contributed by atoms with Crippen molar-refractivity contribution in [1.29, 1.82) is 0 Å². The molecule has 0 unspecified atom stereocenters. The number of hydrogen-bond acceptors (Lipinski definition) is 5. The zero-order chi connectivity index (χ0) is 18.9. The number of halogens is 1. The number of fused-ring (bicyclic) bond motifs is 1. The van der Waals surface area contributed by atoms with Crippen LogP contribution in [0.4, 0.5) is 5.69 Å². The summed E-state index contributed by atoms with van der Waals surface area (Å²) in [5.41, 5.74) is 0.869. The molecular formula is C17H17BrN2O5S. The average Bonchev–Trinajstić information content (AvgIpc) is 2.62. The highest BCUT2D eigenvalue weighted by Gasteiger charge is 2.19. The van der Waals surface area contributed by atoms with E-state index in [1.54, 1.807) is 12.1 Å². The quantitative estimate of drug-likeness (QED) is 0.789. The van der Waals surface area contributed by atoms with Crippen LogP contribution in [-0.4, -0.2) is 45.9 Å². The zero-order valence-electron chi connectivity index (χ0n) is 14.2. The van der Waals surface area contributed by atoms with Crippen LogP contribution >= 0.6 is 15.9 Å². The number of benzene rings is 2. The summed E-state index contributed by atoms with van der Waals surface area (Å²) in [4.78, 5) is 12.6. The second kappa shape index (κ2) is 7.26. The van der Waals surface area contributed by atoms with Gasteiger partial charge in [0.05, 0.1) is 10.6 Å². The Morgan fingerprint density at radius 2 is 1.65 bits per heavy atom. The maximum atomic E-state index is 12.5. The highest BCUT2D eigenvalue weighted by atomic mass is 79.9. The predicted octanol–water partition coefficient (Wildman–Crippen LogP) is 2.72. The van der Waals surface area contributed by atoms with Gasteiger partial charge in [-0.25, -0.2) is 12.7 Å². The average molecular weight is 441 g/mol. The van der Waals surface area contributed by atoms with E-state index in [1.807, 2.05) is 0 Å². The van der Waals surface area contributed by atoms with Gasteiger partial charge in [-0.15, -0.1) is 0 Å².